The summed E-state index contributed by atoms with van der Waals surface area (Å²) in [6.07, 6.45) is 11.6. The zero-order valence-corrected chi connectivity index (χ0v) is 15.2. The Balaban J connectivity index is 0.000000219. The molecule has 3 nitrogen and oxygen atoms in total. The predicted octanol–water partition coefficient (Wildman–Crippen LogP) is 4.86. The van der Waals surface area contributed by atoms with Crippen LogP contribution in [0.25, 0.3) is 0 Å². The summed E-state index contributed by atoms with van der Waals surface area (Å²) in [4.78, 5) is 6.53. The summed E-state index contributed by atoms with van der Waals surface area (Å²) in [6, 6.07) is 17.4. The maximum atomic E-state index is 5.25. The Morgan fingerprint density at radius 1 is 0.800 bits per heavy atom. The summed E-state index contributed by atoms with van der Waals surface area (Å²) < 4.78 is 0. The molecule has 1 aliphatic heterocycles. The Hall–Kier alpha value is -1.87. The van der Waals surface area contributed by atoms with Gasteiger partial charge in [-0.15, -0.1) is 0 Å². The lowest BCUT2D eigenvalue weighted by Crippen LogP contribution is -2.41. The maximum Gasteiger partial charge on any atom is 0.123 e. The third kappa shape index (κ3) is 5.57. The average Bonchev–Trinajstić information content (AvgIpc) is 2.71. The van der Waals surface area contributed by atoms with Gasteiger partial charge < -0.3 is 10.6 Å². The second-order valence-corrected chi connectivity index (χ2v) is 7.27. The molecule has 2 aromatic rings. The molecule has 1 aromatic carbocycles. The number of benzene rings is 1. The van der Waals surface area contributed by atoms with E-state index in [2.05, 4.69) is 40.2 Å². The van der Waals surface area contributed by atoms with E-state index in [0.717, 1.165) is 12.0 Å². The molecular weight excluding hydrogens is 306 g/mol. The molecule has 0 unspecified atom stereocenters. The van der Waals surface area contributed by atoms with E-state index >= 15 is 0 Å². The minimum absolute atomic E-state index is 0.572. The fourth-order valence-electron chi connectivity index (χ4n) is 4.16. The Bertz CT molecular complexity index is 585. The monoisotopic (exact) mass is 337 g/mol. The first-order valence-electron chi connectivity index (χ1n) is 9.78. The van der Waals surface area contributed by atoms with E-state index in [1.807, 2.05) is 12.1 Å². The Kier molecular flexibility index (Phi) is 6.87. The second kappa shape index (κ2) is 9.57. The van der Waals surface area contributed by atoms with Crippen LogP contribution in [0.5, 0.6) is 0 Å². The third-order valence-corrected chi connectivity index (χ3v) is 5.56. The molecular formula is C22H31N3. The number of nitrogen functional groups attached to an aromatic ring is 1. The number of aromatic nitrogens is 1. The number of nitrogens with zero attached hydrogens (tertiary/aromatic N) is 2. The van der Waals surface area contributed by atoms with Gasteiger partial charge in [-0.2, -0.15) is 0 Å². The zero-order valence-electron chi connectivity index (χ0n) is 15.2. The van der Waals surface area contributed by atoms with Gasteiger partial charge in [0.05, 0.1) is 0 Å². The van der Waals surface area contributed by atoms with Crippen molar-refractivity contribution in [3.8, 4) is 0 Å². The minimum Gasteiger partial charge on any atom is -0.384 e. The fraction of sp³-hybridized carbons (Fsp3) is 0.500. The molecule has 25 heavy (non-hydrogen) atoms. The molecule has 1 saturated heterocycles. The van der Waals surface area contributed by atoms with Crippen molar-refractivity contribution in [3.05, 3.63) is 60.3 Å². The number of hydrogen-bond acceptors (Lipinski definition) is 3. The topological polar surface area (TPSA) is 42.1 Å². The zero-order chi connectivity index (χ0) is 17.3. The van der Waals surface area contributed by atoms with Crippen LogP contribution in [0.4, 0.5) is 5.82 Å². The van der Waals surface area contributed by atoms with Crippen LogP contribution in [0.15, 0.2) is 54.7 Å². The van der Waals surface area contributed by atoms with Crippen molar-refractivity contribution < 1.29 is 0 Å². The van der Waals surface area contributed by atoms with Crippen LogP contribution in [0, 0.1) is 0 Å². The van der Waals surface area contributed by atoms with Crippen LogP contribution >= 0.6 is 0 Å². The van der Waals surface area contributed by atoms with Crippen molar-refractivity contribution in [1.29, 1.82) is 0 Å². The van der Waals surface area contributed by atoms with Gasteiger partial charge in [-0.1, -0.05) is 42.8 Å². The molecule has 0 amide bonds. The van der Waals surface area contributed by atoms with Gasteiger partial charge in [-0.3, -0.25) is 0 Å². The largest absolute Gasteiger partial charge is 0.384 e. The lowest BCUT2D eigenvalue weighted by atomic mass is 9.81. The first kappa shape index (κ1) is 17.9. The van der Waals surface area contributed by atoms with Gasteiger partial charge in [0.1, 0.15) is 5.82 Å². The van der Waals surface area contributed by atoms with Gasteiger partial charge in [0.15, 0.2) is 0 Å². The average molecular weight is 338 g/mol. The molecule has 3 heteroatoms. The highest BCUT2D eigenvalue weighted by molar-refractivity contribution is 5.25. The molecule has 2 fully saturated rings. The van der Waals surface area contributed by atoms with Crippen LogP contribution in [0.2, 0.25) is 0 Å². The SMILES string of the molecule is Nc1ccccn1.c1ccc(C2CCC(N3CCCCC3)CC2)cc1. The van der Waals surface area contributed by atoms with E-state index in [0.29, 0.717) is 5.82 Å². The highest BCUT2D eigenvalue weighted by Crippen LogP contribution is 2.35. The first-order chi connectivity index (χ1) is 12.3. The van der Waals surface area contributed by atoms with Crippen molar-refractivity contribution in [1.82, 2.24) is 9.88 Å². The van der Waals surface area contributed by atoms with Gasteiger partial charge >= 0.3 is 0 Å². The van der Waals surface area contributed by atoms with Crippen molar-refractivity contribution in [2.75, 3.05) is 18.8 Å². The number of piperidine rings is 1. The number of rotatable bonds is 2. The Labute approximate surface area is 152 Å². The molecule has 1 aliphatic carbocycles. The van der Waals surface area contributed by atoms with Crippen molar-refractivity contribution in [3.63, 3.8) is 0 Å². The number of likely N-dealkylation sites (tertiary alicyclic amines) is 1. The number of anilines is 1. The molecule has 134 valence electrons. The summed E-state index contributed by atoms with van der Waals surface area (Å²) >= 11 is 0. The second-order valence-electron chi connectivity index (χ2n) is 7.27. The molecule has 1 aromatic heterocycles. The van der Waals surface area contributed by atoms with Gasteiger partial charge in [0.2, 0.25) is 0 Å². The van der Waals surface area contributed by atoms with E-state index in [1.165, 1.54) is 58.0 Å². The van der Waals surface area contributed by atoms with E-state index in [1.54, 1.807) is 17.8 Å². The molecule has 1 saturated carbocycles. The summed E-state index contributed by atoms with van der Waals surface area (Å²) in [6.45, 7) is 2.72. The van der Waals surface area contributed by atoms with Gasteiger partial charge in [0, 0.05) is 12.2 Å². The van der Waals surface area contributed by atoms with Crippen molar-refractivity contribution in [2.45, 2.75) is 56.9 Å². The quantitative estimate of drug-likeness (QED) is 0.850. The first-order valence-corrected chi connectivity index (χ1v) is 9.78. The van der Waals surface area contributed by atoms with Gasteiger partial charge in [-0.25, -0.2) is 4.98 Å². The van der Waals surface area contributed by atoms with Crippen LogP contribution in [0.3, 0.4) is 0 Å². The highest BCUT2D eigenvalue weighted by atomic mass is 15.2. The van der Waals surface area contributed by atoms with Crippen molar-refractivity contribution >= 4 is 5.82 Å². The van der Waals surface area contributed by atoms with Gasteiger partial charge in [0.25, 0.3) is 0 Å². The van der Waals surface area contributed by atoms with Crippen LogP contribution in [-0.4, -0.2) is 29.0 Å². The molecule has 2 heterocycles. The van der Waals surface area contributed by atoms with E-state index in [9.17, 15) is 0 Å². The van der Waals surface area contributed by atoms with Crippen molar-refractivity contribution in [2.24, 2.45) is 0 Å². The number of hydrogen-bond donors (Lipinski definition) is 1. The smallest absolute Gasteiger partial charge is 0.123 e. The van der Waals surface area contributed by atoms with E-state index < -0.39 is 0 Å². The molecule has 0 spiro atoms. The maximum absolute atomic E-state index is 5.25. The van der Waals surface area contributed by atoms with E-state index in [4.69, 9.17) is 5.73 Å². The molecule has 4 rings (SSSR count). The third-order valence-electron chi connectivity index (χ3n) is 5.56. The minimum atomic E-state index is 0.572. The number of pyridine rings is 1. The fourth-order valence-corrected chi connectivity index (χ4v) is 4.16. The summed E-state index contributed by atoms with van der Waals surface area (Å²) in [5.41, 5.74) is 6.81. The Morgan fingerprint density at radius 3 is 2.04 bits per heavy atom. The molecule has 0 radical (unpaired) electrons. The predicted molar refractivity (Wildman–Crippen MR) is 106 cm³/mol. The normalized spacial score (nSPS) is 24.2. The van der Waals surface area contributed by atoms with Crippen LogP contribution < -0.4 is 5.73 Å². The Morgan fingerprint density at radius 2 is 1.48 bits per heavy atom. The molecule has 2 N–H and O–H groups in total. The summed E-state index contributed by atoms with van der Waals surface area (Å²) in [7, 11) is 0. The summed E-state index contributed by atoms with van der Waals surface area (Å²) in [5.74, 6) is 1.40. The lowest BCUT2D eigenvalue weighted by Gasteiger charge is -2.39. The van der Waals surface area contributed by atoms with E-state index in [-0.39, 0.29) is 0 Å². The molecule has 0 bridgehead atoms. The summed E-state index contributed by atoms with van der Waals surface area (Å²) in [5, 5.41) is 0. The lowest BCUT2D eigenvalue weighted by molar-refractivity contribution is 0.125. The number of nitrogens with two attached hydrogens (primary N) is 1. The van der Waals surface area contributed by atoms with Gasteiger partial charge in [-0.05, 0) is 75.2 Å². The standard InChI is InChI=1S/C17H25N.C5H6N2/c1-3-7-15(8-4-1)16-9-11-17(12-10-16)18-13-5-2-6-14-18;6-5-3-1-2-4-7-5/h1,3-4,7-8,16-17H,2,5-6,9-14H2;1-4H,(H2,6,7). The van der Waals surface area contributed by atoms with Crippen LogP contribution in [0.1, 0.15) is 56.4 Å². The molecule has 0 atom stereocenters. The highest BCUT2D eigenvalue weighted by Gasteiger charge is 2.27. The molecule has 2 aliphatic rings. The van der Waals surface area contributed by atoms with Crippen LogP contribution in [-0.2, 0) is 0 Å².